The number of nitrogens with zero attached hydrogens (tertiary/aromatic N) is 1. The summed E-state index contributed by atoms with van der Waals surface area (Å²) in [5.74, 6) is -1.03. The lowest BCUT2D eigenvalue weighted by Crippen LogP contribution is -2.40. The fourth-order valence-electron chi connectivity index (χ4n) is 3.59. The number of anilines is 1. The first-order valence-corrected chi connectivity index (χ1v) is 11.5. The molecular formula is C25H24N2O5S. The summed E-state index contributed by atoms with van der Waals surface area (Å²) in [6.45, 7) is 0.528. The minimum Gasteiger partial charge on any atom is -0.459 e. The molecule has 4 rings (SSSR count). The average molecular weight is 465 g/mol. The Balaban J connectivity index is 1.24. The normalized spacial score (nSPS) is 14.0. The van der Waals surface area contributed by atoms with Crippen LogP contribution >= 0.6 is 11.8 Å². The number of amides is 2. The number of carbonyl (C=O) groups excluding carboxylic acids is 3. The first kappa shape index (κ1) is 22.7. The van der Waals surface area contributed by atoms with E-state index in [1.165, 1.54) is 6.26 Å². The molecule has 33 heavy (non-hydrogen) atoms. The Labute approximate surface area is 196 Å². The van der Waals surface area contributed by atoms with Crippen LogP contribution in [-0.2, 0) is 14.3 Å². The molecule has 1 aromatic heterocycles. The molecule has 7 nitrogen and oxygen atoms in total. The lowest BCUT2D eigenvalue weighted by molar-refractivity contribution is -0.152. The van der Waals surface area contributed by atoms with Gasteiger partial charge in [-0.1, -0.05) is 42.1 Å². The van der Waals surface area contributed by atoms with E-state index in [0.29, 0.717) is 37.4 Å². The predicted molar refractivity (Wildman–Crippen MR) is 124 cm³/mol. The van der Waals surface area contributed by atoms with Crippen LogP contribution in [0.5, 0.6) is 0 Å². The Kier molecular flexibility index (Phi) is 7.47. The number of esters is 1. The van der Waals surface area contributed by atoms with Gasteiger partial charge in [0.05, 0.1) is 17.9 Å². The molecule has 0 aliphatic carbocycles. The quantitative estimate of drug-likeness (QED) is 0.519. The van der Waals surface area contributed by atoms with Crippen molar-refractivity contribution in [2.75, 3.05) is 25.0 Å². The molecule has 1 N–H and O–H groups in total. The molecule has 2 heterocycles. The van der Waals surface area contributed by atoms with Crippen molar-refractivity contribution in [2.24, 2.45) is 5.92 Å². The molecule has 1 aliphatic rings. The highest BCUT2D eigenvalue weighted by molar-refractivity contribution is 7.99. The number of hydrogen-bond acceptors (Lipinski definition) is 6. The molecule has 0 saturated carbocycles. The molecule has 1 aliphatic heterocycles. The maximum Gasteiger partial charge on any atom is 0.309 e. The summed E-state index contributed by atoms with van der Waals surface area (Å²) in [7, 11) is 0. The van der Waals surface area contributed by atoms with Crippen LogP contribution in [0.25, 0.3) is 0 Å². The number of para-hydroxylation sites is 1. The van der Waals surface area contributed by atoms with E-state index in [1.807, 2.05) is 54.6 Å². The van der Waals surface area contributed by atoms with Crippen molar-refractivity contribution in [3.05, 3.63) is 78.8 Å². The van der Waals surface area contributed by atoms with Gasteiger partial charge in [-0.25, -0.2) is 0 Å². The molecule has 2 amide bonds. The third kappa shape index (κ3) is 6.04. The molecule has 2 aromatic carbocycles. The van der Waals surface area contributed by atoms with Gasteiger partial charge in [0.1, 0.15) is 0 Å². The van der Waals surface area contributed by atoms with Crippen LogP contribution in [0.15, 0.2) is 87.2 Å². The van der Waals surface area contributed by atoms with Crippen LogP contribution in [-0.4, -0.2) is 42.4 Å². The Morgan fingerprint density at radius 3 is 2.42 bits per heavy atom. The molecule has 170 valence electrons. The summed E-state index contributed by atoms with van der Waals surface area (Å²) in [6.07, 6.45) is 2.44. The predicted octanol–water partition coefficient (Wildman–Crippen LogP) is 4.46. The largest absolute Gasteiger partial charge is 0.459 e. The first-order chi connectivity index (χ1) is 16.1. The van der Waals surface area contributed by atoms with Crippen LogP contribution in [0.4, 0.5) is 5.69 Å². The van der Waals surface area contributed by atoms with E-state index < -0.39 is 11.9 Å². The van der Waals surface area contributed by atoms with Crippen molar-refractivity contribution in [1.29, 1.82) is 0 Å². The second-order valence-electron chi connectivity index (χ2n) is 7.61. The summed E-state index contributed by atoms with van der Waals surface area (Å²) in [5.41, 5.74) is 0.664. The minimum atomic E-state index is -0.415. The number of ether oxygens (including phenoxy) is 1. The minimum absolute atomic E-state index is 0.182. The fourth-order valence-corrected chi connectivity index (χ4v) is 4.51. The fraction of sp³-hybridized carbons (Fsp3) is 0.240. The summed E-state index contributed by atoms with van der Waals surface area (Å²) < 4.78 is 10.4. The van der Waals surface area contributed by atoms with Gasteiger partial charge >= 0.3 is 5.97 Å². The summed E-state index contributed by atoms with van der Waals surface area (Å²) in [4.78, 5) is 40.8. The van der Waals surface area contributed by atoms with E-state index in [2.05, 4.69) is 5.32 Å². The zero-order valence-corrected chi connectivity index (χ0v) is 18.8. The number of carbonyl (C=O) groups is 3. The van der Waals surface area contributed by atoms with E-state index in [1.54, 1.807) is 28.8 Å². The van der Waals surface area contributed by atoms with Gasteiger partial charge in [-0.05, 0) is 49.2 Å². The lowest BCUT2D eigenvalue weighted by Gasteiger charge is -2.30. The van der Waals surface area contributed by atoms with Crippen LogP contribution in [0.2, 0.25) is 0 Å². The summed E-state index contributed by atoms with van der Waals surface area (Å²) in [5, 5.41) is 2.83. The topological polar surface area (TPSA) is 88.9 Å². The number of benzene rings is 2. The van der Waals surface area contributed by atoms with Crippen molar-refractivity contribution in [3.8, 4) is 0 Å². The molecule has 0 unspecified atom stereocenters. The number of piperidine rings is 1. The van der Waals surface area contributed by atoms with Crippen LogP contribution in [0.1, 0.15) is 23.4 Å². The third-order valence-corrected chi connectivity index (χ3v) is 6.41. The SMILES string of the molecule is O=C(COC(=O)C1CCN(C(=O)c2ccco2)CC1)Nc1ccccc1Sc1ccccc1. The Morgan fingerprint density at radius 2 is 1.70 bits per heavy atom. The van der Waals surface area contributed by atoms with Gasteiger partial charge < -0.3 is 19.4 Å². The third-order valence-electron chi connectivity index (χ3n) is 5.33. The molecular weight excluding hydrogens is 440 g/mol. The van der Waals surface area contributed by atoms with E-state index in [-0.39, 0.29) is 18.4 Å². The van der Waals surface area contributed by atoms with Crippen LogP contribution < -0.4 is 5.32 Å². The highest BCUT2D eigenvalue weighted by Gasteiger charge is 2.30. The van der Waals surface area contributed by atoms with Crippen molar-refractivity contribution in [3.63, 3.8) is 0 Å². The van der Waals surface area contributed by atoms with Crippen molar-refractivity contribution < 1.29 is 23.5 Å². The van der Waals surface area contributed by atoms with Crippen LogP contribution in [0, 0.1) is 5.92 Å². The molecule has 0 spiro atoms. The maximum absolute atomic E-state index is 12.4. The Hall–Kier alpha value is -3.52. The number of hydrogen-bond donors (Lipinski definition) is 1. The molecule has 1 fully saturated rings. The average Bonchev–Trinajstić information content (AvgIpc) is 3.39. The van der Waals surface area contributed by atoms with Crippen molar-refractivity contribution in [2.45, 2.75) is 22.6 Å². The van der Waals surface area contributed by atoms with Crippen LogP contribution in [0.3, 0.4) is 0 Å². The van der Waals surface area contributed by atoms with E-state index in [9.17, 15) is 14.4 Å². The zero-order valence-electron chi connectivity index (χ0n) is 17.9. The number of likely N-dealkylation sites (tertiary alicyclic amines) is 1. The Morgan fingerprint density at radius 1 is 0.970 bits per heavy atom. The number of nitrogens with one attached hydrogen (secondary N) is 1. The smallest absolute Gasteiger partial charge is 0.309 e. The second kappa shape index (κ2) is 10.9. The highest BCUT2D eigenvalue weighted by atomic mass is 32.2. The van der Waals surface area contributed by atoms with Gasteiger partial charge in [-0.3, -0.25) is 14.4 Å². The number of furan rings is 1. The molecule has 1 saturated heterocycles. The second-order valence-corrected chi connectivity index (χ2v) is 8.73. The Bertz CT molecular complexity index is 1090. The molecule has 0 bridgehead atoms. The highest BCUT2D eigenvalue weighted by Crippen LogP contribution is 2.33. The number of rotatable bonds is 7. The monoisotopic (exact) mass is 464 g/mol. The summed E-state index contributed by atoms with van der Waals surface area (Å²) in [6, 6.07) is 20.6. The van der Waals surface area contributed by atoms with Gasteiger partial charge in [0.2, 0.25) is 0 Å². The summed E-state index contributed by atoms with van der Waals surface area (Å²) >= 11 is 1.54. The van der Waals surface area contributed by atoms with Gasteiger partial charge in [0, 0.05) is 22.9 Å². The van der Waals surface area contributed by atoms with Gasteiger partial charge in [0.15, 0.2) is 12.4 Å². The van der Waals surface area contributed by atoms with Gasteiger partial charge in [-0.15, -0.1) is 0 Å². The van der Waals surface area contributed by atoms with Crippen molar-refractivity contribution >= 4 is 35.2 Å². The molecule has 8 heteroatoms. The van der Waals surface area contributed by atoms with E-state index in [0.717, 1.165) is 9.79 Å². The zero-order chi connectivity index (χ0) is 23.0. The first-order valence-electron chi connectivity index (χ1n) is 10.7. The molecule has 0 atom stereocenters. The standard InChI is InChI=1S/C25H24N2O5S/c28-23(26-20-9-4-5-11-22(20)33-19-7-2-1-3-8-19)17-32-25(30)18-12-14-27(15-13-18)24(29)21-10-6-16-31-21/h1-11,16,18H,12-15,17H2,(H,26,28). The maximum atomic E-state index is 12.4. The van der Waals surface area contributed by atoms with Gasteiger partial charge in [0.25, 0.3) is 11.8 Å². The van der Waals surface area contributed by atoms with Crippen molar-refractivity contribution in [1.82, 2.24) is 4.90 Å². The van der Waals surface area contributed by atoms with E-state index >= 15 is 0 Å². The van der Waals surface area contributed by atoms with Gasteiger partial charge in [-0.2, -0.15) is 0 Å². The molecule has 3 aromatic rings. The van der Waals surface area contributed by atoms with E-state index in [4.69, 9.17) is 9.15 Å². The molecule has 0 radical (unpaired) electrons. The lowest BCUT2D eigenvalue weighted by atomic mass is 9.97.